The summed E-state index contributed by atoms with van der Waals surface area (Å²) < 4.78 is 1.86. The third-order valence-corrected chi connectivity index (χ3v) is 5.02. The quantitative estimate of drug-likeness (QED) is 0.371. The monoisotopic (exact) mass is 402 g/mol. The summed E-state index contributed by atoms with van der Waals surface area (Å²) in [5, 5.41) is 14.4. The zero-order valence-electron chi connectivity index (χ0n) is 14.2. The minimum atomic E-state index is -0.503. The number of halogens is 1. The lowest BCUT2D eigenvalue weighted by Gasteiger charge is -2.13. The second-order valence-corrected chi connectivity index (χ2v) is 7.36. The van der Waals surface area contributed by atoms with Gasteiger partial charge in [0.15, 0.2) is 5.16 Å². The van der Waals surface area contributed by atoms with Crippen LogP contribution in [-0.2, 0) is 4.79 Å². The summed E-state index contributed by atoms with van der Waals surface area (Å²) in [4.78, 5) is 27.1. The second-order valence-electron chi connectivity index (χ2n) is 5.61. The Labute approximate surface area is 164 Å². The van der Waals surface area contributed by atoms with E-state index in [2.05, 4.69) is 10.3 Å². The average Bonchev–Trinajstić information content (AvgIpc) is 3.10. The first kappa shape index (κ1) is 18.9. The maximum Gasteiger partial charge on any atom is 0.271 e. The highest BCUT2D eigenvalue weighted by Gasteiger charge is 2.18. The minimum absolute atomic E-state index is 0.0774. The van der Waals surface area contributed by atoms with Crippen molar-refractivity contribution in [2.24, 2.45) is 0 Å². The number of nitrogens with one attached hydrogen (secondary N) is 1. The normalized spacial score (nSPS) is 11.8. The Morgan fingerprint density at radius 1 is 1.30 bits per heavy atom. The van der Waals surface area contributed by atoms with Crippen molar-refractivity contribution in [1.29, 1.82) is 0 Å². The first-order valence-corrected chi connectivity index (χ1v) is 9.21. The van der Waals surface area contributed by atoms with Crippen LogP contribution < -0.4 is 5.32 Å². The van der Waals surface area contributed by atoms with Crippen molar-refractivity contribution in [2.45, 2.75) is 17.3 Å². The van der Waals surface area contributed by atoms with Crippen LogP contribution in [0, 0.1) is 10.1 Å². The third-order valence-electron chi connectivity index (χ3n) is 3.69. The van der Waals surface area contributed by atoms with Crippen molar-refractivity contribution in [3.63, 3.8) is 0 Å². The van der Waals surface area contributed by atoms with Gasteiger partial charge in [-0.3, -0.25) is 19.5 Å². The highest BCUT2D eigenvalue weighted by atomic mass is 35.5. The number of benzene rings is 2. The maximum atomic E-state index is 12.5. The number of carbonyl (C=O) groups is 1. The van der Waals surface area contributed by atoms with Gasteiger partial charge >= 0.3 is 0 Å². The molecule has 1 aromatic heterocycles. The molecule has 1 atom stereocenters. The van der Waals surface area contributed by atoms with E-state index >= 15 is 0 Å². The molecule has 1 amide bonds. The van der Waals surface area contributed by atoms with Gasteiger partial charge in [0.1, 0.15) is 0 Å². The standard InChI is InChI=1S/C18H15ClN4O3S/c1-12(17(24)21-14-3-2-4-16(11-14)23(25)26)27-18-20-9-10-22(18)15-7-5-13(19)6-8-15/h2-12H,1H3,(H,21,24). The zero-order valence-corrected chi connectivity index (χ0v) is 15.8. The van der Waals surface area contributed by atoms with Gasteiger partial charge < -0.3 is 5.32 Å². The molecule has 0 fully saturated rings. The molecule has 27 heavy (non-hydrogen) atoms. The van der Waals surface area contributed by atoms with E-state index < -0.39 is 10.2 Å². The van der Waals surface area contributed by atoms with Crippen LogP contribution in [0.5, 0.6) is 0 Å². The average molecular weight is 403 g/mol. The molecule has 0 spiro atoms. The summed E-state index contributed by atoms with van der Waals surface area (Å²) in [6, 6.07) is 13.1. The minimum Gasteiger partial charge on any atom is -0.325 e. The molecule has 7 nitrogen and oxygen atoms in total. The van der Waals surface area contributed by atoms with Crippen molar-refractivity contribution in [3.05, 3.63) is 76.1 Å². The van der Waals surface area contributed by atoms with E-state index in [1.165, 1.54) is 30.0 Å². The van der Waals surface area contributed by atoms with Gasteiger partial charge in [-0.1, -0.05) is 29.4 Å². The number of aromatic nitrogens is 2. The van der Waals surface area contributed by atoms with E-state index in [1.807, 2.05) is 16.7 Å². The smallest absolute Gasteiger partial charge is 0.271 e. The molecule has 1 unspecified atom stereocenters. The zero-order chi connectivity index (χ0) is 19.4. The Balaban J connectivity index is 1.71. The lowest BCUT2D eigenvalue weighted by Crippen LogP contribution is -2.22. The fourth-order valence-corrected chi connectivity index (χ4v) is 3.34. The number of rotatable bonds is 6. The Morgan fingerprint density at radius 3 is 2.74 bits per heavy atom. The molecule has 3 aromatic rings. The van der Waals surface area contributed by atoms with Gasteiger partial charge in [0.2, 0.25) is 5.91 Å². The number of nitro groups is 1. The van der Waals surface area contributed by atoms with Gasteiger partial charge in [-0.25, -0.2) is 4.98 Å². The summed E-state index contributed by atoms with van der Waals surface area (Å²) >= 11 is 7.21. The lowest BCUT2D eigenvalue weighted by molar-refractivity contribution is -0.384. The summed E-state index contributed by atoms with van der Waals surface area (Å²) in [7, 11) is 0. The summed E-state index contributed by atoms with van der Waals surface area (Å²) in [6.45, 7) is 1.75. The molecule has 0 bridgehead atoms. The summed E-state index contributed by atoms with van der Waals surface area (Å²) in [5.41, 5.74) is 1.18. The molecule has 0 aliphatic rings. The molecule has 3 rings (SSSR count). The number of hydrogen-bond donors (Lipinski definition) is 1. The highest BCUT2D eigenvalue weighted by Crippen LogP contribution is 2.26. The molecule has 138 valence electrons. The number of thioether (sulfide) groups is 1. The van der Waals surface area contributed by atoms with Crippen LogP contribution in [0.15, 0.2) is 66.1 Å². The molecular weight excluding hydrogens is 388 g/mol. The molecular formula is C18H15ClN4O3S. The van der Waals surface area contributed by atoms with E-state index in [1.54, 1.807) is 37.5 Å². The number of imidazole rings is 1. The fourth-order valence-electron chi connectivity index (χ4n) is 2.33. The number of amides is 1. The van der Waals surface area contributed by atoms with Crippen LogP contribution in [0.3, 0.4) is 0 Å². The number of anilines is 1. The Bertz CT molecular complexity index is 975. The van der Waals surface area contributed by atoms with Crippen LogP contribution in [0.25, 0.3) is 5.69 Å². The van der Waals surface area contributed by atoms with E-state index in [9.17, 15) is 14.9 Å². The maximum absolute atomic E-state index is 12.5. The summed E-state index contributed by atoms with van der Waals surface area (Å²) in [6.07, 6.45) is 3.46. The molecule has 1 heterocycles. The van der Waals surface area contributed by atoms with Crippen molar-refractivity contribution in [3.8, 4) is 5.69 Å². The van der Waals surface area contributed by atoms with E-state index in [0.29, 0.717) is 15.9 Å². The van der Waals surface area contributed by atoms with Gasteiger partial charge in [-0.05, 0) is 37.3 Å². The second kappa shape index (κ2) is 8.24. The van der Waals surface area contributed by atoms with Gasteiger partial charge in [0, 0.05) is 40.9 Å². The lowest BCUT2D eigenvalue weighted by atomic mass is 10.2. The predicted molar refractivity (Wildman–Crippen MR) is 106 cm³/mol. The fraction of sp³-hybridized carbons (Fsp3) is 0.111. The van der Waals surface area contributed by atoms with Crippen molar-refractivity contribution >= 4 is 40.6 Å². The van der Waals surface area contributed by atoms with Gasteiger partial charge in [0.25, 0.3) is 5.69 Å². The van der Waals surface area contributed by atoms with Gasteiger partial charge in [-0.2, -0.15) is 0 Å². The van der Waals surface area contributed by atoms with E-state index in [0.717, 1.165) is 5.69 Å². The van der Waals surface area contributed by atoms with Gasteiger partial charge in [0.05, 0.1) is 10.2 Å². The van der Waals surface area contributed by atoms with Crippen LogP contribution in [0.4, 0.5) is 11.4 Å². The number of nitro benzene ring substituents is 1. The predicted octanol–water partition coefficient (Wildman–Crippen LogP) is 4.55. The number of nitrogens with zero attached hydrogens (tertiary/aromatic N) is 3. The van der Waals surface area contributed by atoms with E-state index in [-0.39, 0.29) is 11.6 Å². The molecule has 0 radical (unpaired) electrons. The molecule has 9 heteroatoms. The SMILES string of the molecule is CC(Sc1nccn1-c1ccc(Cl)cc1)C(=O)Nc1cccc([N+](=O)[O-])c1. The first-order valence-electron chi connectivity index (χ1n) is 7.95. The Kier molecular flexibility index (Phi) is 5.78. The topological polar surface area (TPSA) is 90.1 Å². The largest absolute Gasteiger partial charge is 0.325 e. The third kappa shape index (κ3) is 4.66. The Hall–Kier alpha value is -2.84. The molecule has 0 aliphatic carbocycles. The number of non-ortho nitro benzene ring substituents is 1. The van der Waals surface area contributed by atoms with Crippen LogP contribution in [0.2, 0.25) is 5.02 Å². The molecule has 0 saturated carbocycles. The van der Waals surface area contributed by atoms with Crippen molar-refractivity contribution in [2.75, 3.05) is 5.32 Å². The highest BCUT2D eigenvalue weighted by molar-refractivity contribution is 8.00. The Morgan fingerprint density at radius 2 is 2.04 bits per heavy atom. The van der Waals surface area contributed by atoms with Crippen molar-refractivity contribution in [1.82, 2.24) is 9.55 Å². The number of hydrogen-bond acceptors (Lipinski definition) is 5. The molecule has 1 N–H and O–H groups in total. The van der Waals surface area contributed by atoms with Gasteiger partial charge in [-0.15, -0.1) is 0 Å². The molecule has 0 saturated heterocycles. The summed E-state index contributed by atoms with van der Waals surface area (Å²) in [5.74, 6) is -0.272. The first-order chi connectivity index (χ1) is 12.9. The molecule has 2 aromatic carbocycles. The van der Waals surface area contributed by atoms with Crippen LogP contribution >= 0.6 is 23.4 Å². The van der Waals surface area contributed by atoms with Crippen LogP contribution in [-0.4, -0.2) is 25.6 Å². The van der Waals surface area contributed by atoms with Crippen LogP contribution in [0.1, 0.15) is 6.92 Å². The molecule has 0 aliphatic heterocycles. The van der Waals surface area contributed by atoms with Crippen molar-refractivity contribution < 1.29 is 9.72 Å². The number of carbonyl (C=O) groups excluding carboxylic acids is 1. The van der Waals surface area contributed by atoms with E-state index in [4.69, 9.17) is 11.6 Å².